The average Bonchev–Trinajstić information content (AvgIpc) is 3.33. The van der Waals surface area contributed by atoms with Crippen molar-refractivity contribution in [2.45, 2.75) is 18.9 Å². The van der Waals surface area contributed by atoms with Crippen LogP contribution in [0.5, 0.6) is 0 Å². The summed E-state index contributed by atoms with van der Waals surface area (Å²) in [5.41, 5.74) is 3.70. The molecule has 0 aliphatic carbocycles. The number of benzene rings is 2. The van der Waals surface area contributed by atoms with E-state index in [1.165, 1.54) is 0 Å². The highest BCUT2D eigenvalue weighted by atomic mass is 35.5. The molecule has 6 nitrogen and oxygen atoms in total. The summed E-state index contributed by atoms with van der Waals surface area (Å²) in [6, 6.07) is 13.0. The van der Waals surface area contributed by atoms with Crippen LogP contribution >= 0.6 is 11.6 Å². The zero-order valence-electron chi connectivity index (χ0n) is 18.5. The molecule has 1 N–H and O–H groups in total. The van der Waals surface area contributed by atoms with E-state index in [0.29, 0.717) is 28.3 Å². The Morgan fingerprint density at radius 3 is 2.91 bits per heavy atom. The summed E-state index contributed by atoms with van der Waals surface area (Å²) in [5.74, 6) is 0.540. The molecule has 0 spiro atoms. The van der Waals surface area contributed by atoms with Gasteiger partial charge < -0.3 is 19.9 Å². The first-order valence-corrected chi connectivity index (χ1v) is 11.6. The Morgan fingerprint density at radius 2 is 2.03 bits per heavy atom. The molecule has 1 atom stereocenters. The highest BCUT2D eigenvalue weighted by Gasteiger charge is 2.27. The normalized spacial score (nSPS) is 21.9. The number of allylic oxidation sites excluding steroid dienone is 1. The fourth-order valence-corrected chi connectivity index (χ4v) is 4.70. The number of rotatable bonds is 3. The molecular weight excluding hydrogens is 438 g/mol. The molecule has 2 aromatic carbocycles. The van der Waals surface area contributed by atoms with E-state index >= 15 is 0 Å². The van der Waals surface area contributed by atoms with Gasteiger partial charge in [0.25, 0.3) is 11.8 Å². The smallest absolute Gasteiger partial charge is 0.256 e. The molecule has 3 heterocycles. The fraction of sp³-hybridized carbons (Fsp3) is 0.308. The van der Waals surface area contributed by atoms with Crippen molar-refractivity contribution in [1.29, 1.82) is 0 Å². The average molecular weight is 464 g/mol. The topological polar surface area (TPSA) is 61.9 Å². The predicted octanol–water partition coefficient (Wildman–Crippen LogP) is 4.50. The summed E-state index contributed by atoms with van der Waals surface area (Å²) < 4.78 is 6.16. The summed E-state index contributed by atoms with van der Waals surface area (Å²) in [6.45, 7) is 3.42. The van der Waals surface area contributed by atoms with Crippen LogP contribution in [-0.2, 0) is 9.53 Å². The minimum Gasteiger partial charge on any atom is -0.486 e. The number of fused-ring (bicyclic) bond motifs is 1. The maximum absolute atomic E-state index is 13.1. The van der Waals surface area contributed by atoms with Crippen LogP contribution in [0.4, 0.5) is 5.69 Å². The molecular formula is C26H26ClN3O3. The van der Waals surface area contributed by atoms with Crippen molar-refractivity contribution in [3.63, 3.8) is 0 Å². The molecule has 3 aliphatic heterocycles. The molecule has 7 heteroatoms. The molecule has 1 unspecified atom stereocenters. The molecule has 0 bridgehead atoms. The molecule has 0 saturated carbocycles. The van der Waals surface area contributed by atoms with Crippen LogP contribution in [-0.4, -0.2) is 54.8 Å². The first kappa shape index (κ1) is 21.7. The van der Waals surface area contributed by atoms with Crippen molar-refractivity contribution < 1.29 is 14.3 Å². The van der Waals surface area contributed by atoms with Crippen LogP contribution < -0.4 is 5.32 Å². The second kappa shape index (κ2) is 9.04. The van der Waals surface area contributed by atoms with Crippen molar-refractivity contribution >= 4 is 34.7 Å². The van der Waals surface area contributed by atoms with E-state index in [0.717, 1.165) is 49.4 Å². The van der Waals surface area contributed by atoms with Crippen LogP contribution in [0.15, 0.2) is 60.4 Å². The van der Waals surface area contributed by atoms with Gasteiger partial charge in [0.05, 0.1) is 5.57 Å². The maximum Gasteiger partial charge on any atom is 0.256 e. The summed E-state index contributed by atoms with van der Waals surface area (Å²) in [5, 5.41) is 3.43. The molecule has 1 fully saturated rings. The minimum absolute atomic E-state index is 0.0663. The maximum atomic E-state index is 13.1. The number of ether oxygens (including phenoxy) is 1. The lowest BCUT2D eigenvalue weighted by atomic mass is 10.0. The zero-order valence-corrected chi connectivity index (χ0v) is 19.3. The van der Waals surface area contributed by atoms with Gasteiger partial charge in [0.1, 0.15) is 11.9 Å². The Balaban J connectivity index is 1.30. The third-order valence-corrected chi connectivity index (χ3v) is 6.61. The van der Waals surface area contributed by atoms with Gasteiger partial charge in [-0.25, -0.2) is 0 Å². The highest BCUT2D eigenvalue weighted by Crippen LogP contribution is 2.37. The van der Waals surface area contributed by atoms with Crippen molar-refractivity contribution in [2.24, 2.45) is 0 Å². The standard InChI is InChI=1S/C26H26ClN3O3/c1-29-10-3-11-30(13-12-29)26(32)18-5-2-4-17(14-18)24-9-7-20(33-24)16-22-21-15-19(27)6-8-23(21)28-25(22)31/h2,4-8,14-16,24H,3,9-13H2,1H3,(H,28,31). The number of carbonyl (C=O) groups is 2. The van der Waals surface area contributed by atoms with Crippen LogP contribution in [0.3, 0.4) is 0 Å². The monoisotopic (exact) mass is 463 g/mol. The van der Waals surface area contributed by atoms with Gasteiger partial charge >= 0.3 is 0 Å². The van der Waals surface area contributed by atoms with Crippen molar-refractivity contribution in [1.82, 2.24) is 9.80 Å². The van der Waals surface area contributed by atoms with Gasteiger partial charge in [0, 0.05) is 47.9 Å². The van der Waals surface area contributed by atoms with Crippen LogP contribution in [0.1, 0.15) is 40.4 Å². The molecule has 1 saturated heterocycles. The second-order valence-electron chi connectivity index (χ2n) is 8.73. The van der Waals surface area contributed by atoms with E-state index in [9.17, 15) is 9.59 Å². The number of nitrogens with zero attached hydrogens (tertiary/aromatic N) is 2. The van der Waals surface area contributed by atoms with Gasteiger partial charge in [-0.15, -0.1) is 0 Å². The molecule has 0 aromatic heterocycles. The van der Waals surface area contributed by atoms with Crippen molar-refractivity contribution in [3.8, 4) is 0 Å². The Kier molecular flexibility index (Phi) is 5.96. The molecule has 2 aromatic rings. The lowest BCUT2D eigenvalue weighted by Crippen LogP contribution is -2.34. The molecule has 170 valence electrons. The number of halogens is 1. The van der Waals surface area contributed by atoms with Gasteiger partial charge in [0.15, 0.2) is 0 Å². The first-order chi connectivity index (χ1) is 16.0. The molecule has 0 radical (unpaired) electrons. The van der Waals surface area contributed by atoms with Crippen molar-refractivity contribution in [3.05, 3.63) is 82.1 Å². The number of likely N-dealkylation sites (N-methyl/N-ethyl adjacent to an activating group) is 1. The van der Waals surface area contributed by atoms with Crippen molar-refractivity contribution in [2.75, 3.05) is 38.5 Å². The Morgan fingerprint density at radius 1 is 1.15 bits per heavy atom. The Labute approximate surface area is 198 Å². The van der Waals surface area contributed by atoms with E-state index in [1.807, 2.05) is 35.2 Å². The fourth-order valence-electron chi connectivity index (χ4n) is 4.53. The third-order valence-electron chi connectivity index (χ3n) is 6.37. The van der Waals surface area contributed by atoms with Gasteiger partial charge in [-0.3, -0.25) is 9.59 Å². The Hall–Kier alpha value is -3.09. The van der Waals surface area contributed by atoms with Crippen LogP contribution in [0.25, 0.3) is 5.57 Å². The summed E-state index contributed by atoms with van der Waals surface area (Å²) in [6.07, 6.45) is 5.21. The van der Waals surface area contributed by atoms with Crippen LogP contribution in [0, 0.1) is 0 Å². The lowest BCUT2D eigenvalue weighted by molar-refractivity contribution is -0.110. The number of nitrogens with one attached hydrogen (secondary N) is 1. The van der Waals surface area contributed by atoms with Gasteiger partial charge in [-0.05, 0) is 68.1 Å². The van der Waals surface area contributed by atoms with Gasteiger partial charge in [-0.1, -0.05) is 23.7 Å². The molecule has 3 aliphatic rings. The van der Waals surface area contributed by atoms with E-state index in [4.69, 9.17) is 16.3 Å². The SMILES string of the molecule is CN1CCCN(C(=O)c2cccc(C3CC=C(C=C4C(=O)Nc5ccc(Cl)cc54)O3)c2)CC1. The molecule has 5 rings (SSSR count). The number of amides is 2. The first-order valence-electron chi connectivity index (χ1n) is 11.3. The van der Waals surface area contributed by atoms with Crippen LogP contribution in [0.2, 0.25) is 5.02 Å². The number of hydrogen-bond donors (Lipinski definition) is 1. The number of carbonyl (C=O) groups excluding carboxylic acids is 2. The minimum atomic E-state index is -0.192. The second-order valence-corrected chi connectivity index (χ2v) is 9.16. The summed E-state index contributed by atoms with van der Waals surface area (Å²) >= 11 is 6.12. The third kappa shape index (κ3) is 4.54. The number of anilines is 1. The largest absolute Gasteiger partial charge is 0.486 e. The summed E-state index contributed by atoms with van der Waals surface area (Å²) in [4.78, 5) is 29.7. The molecule has 33 heavy (non-hydrogen) atoms. The van der Waals surface area contributed by atoms with Gasteiger partial charge in [-0.2, -0.15) is 0 Å². The number of hydrogen-bond acceptors (Lipinski definition) is 4. The lowest BCUT2D eigenvalue weighted by Gasteiger charge is -2.21. The molecule has 2 amide bonds. The predicted molar refractivity (Wildman–Crippen MR) is 129 cm³/mol. The van der Waals surface area contributed by atoms with E-state index < -0.39 is 0 Å². The highest BCUT2D eigenvalue weighted by molar-refractivity contribution is 6.34. The van der Waals surface area contributed by atoms with E-state index in [2.05, 4.69) is 17.3 Å². The zero-order chi connectivity index (χ0) is 22.9. The Bertz CT molecular complexity index is 1170. The van der Waals surface area contributed by atoms with E-state index in [1.54, 1.807) is 24.3 Å². The quantitative estimate of drug-likeness (QED) is 0.681. The van der Waals surface area contributed by atoms with Gasteiger partial charge in [0.2, 0.25) is 0 Å². The summed E-state index contributed by atoms with van der Waals surface area (Å²) in [7, 11) is 2.09. The van der Waals surface area contributed by atoms with E-state index in [-0.39, 0.29) is 17.9 Å².